The van der Waals surface area contributed by atoms with E-state index in [0.29, 0.717) is 6.04 Å². The summed E-state index contributed by atoms with van der Waals surface area (Å²) in [6.45, 7) is 4.34. The predicted molar refractivity (Wildman–Crippen MR) is 88.6 cm³/mol. The van der Waals surface area contributed by atoms with Crippen molar-refractivity contribution in [2.45, 2.75) is 32.4 Å². The average Bonchev–Trinajstić information content (AvgIpc) is 3.17. The van der Waals surface area contributed by atoms with E-state index in [-0.39, 0.29) is 0 Å². The van der Waals surface area contributed by atoms with Gasteiger partial charge in [0.05, 0.1) is 5.69 Å². The molecule has 1 saturated heterocycles. The lowest BCUT2D eigenvalue weighted by atomic mass is 10.0. The van der Waals surface area contributed by atoms with Crippen LogP contribution in [-0.2, 0) is 6.54 Å². The fourth-order valence-electron chi connectivity index (χ4n) is 3.35. The molecule has 1 unspecified atom stereocenters. The molecule has 0 radical (unpaired) electrons. The Bertz CT molecular complexity index is 787. The van der Waals surface area contributed by atoms with Gasteiger partial charge in [-0.3, -0.25) is 4.90 Å². The van der Waals surface area contributed by atoms with E-state index < -0.39 is 0 Å². The van der Waals surface area contributed by atoms with Crippen LogP contribution in [0, 0.1) is 0 Å². The molecule has 0 aliphatic carbocycles. The molecule has 0 spiro atoms. The third kappa shape index (κ3) is 2.42. The van der Waals surface area contributed by atoms with Gasteiger partial charge in [-0.2, -0.15) is 0 Å². The Labute approximate surface area is 130 Å². The van der Waals surface area contributed by atoms with E-state index in [0.717, 1.165) is 30.2 Å². The molecule has 1 atom stereocenters. The van der Waals surface area contributed by atoms with E-state index in [1.165, 1.54) is 23.6 Å². The van der Waals surface area contributed by atoms with Gasteiger partial charge in [-0.1, -0.05) is 36.4 Å². The van der Waals surface area contributed by atoms with Gasteiger partial charge >= 0.3 is 0 Å². The smallest absolute Gasteiger partial charge is 0.226 e. The Morgan fingerprint density at radius 3 is 2.91 bits per heavy atom. The molecular formula is C19H20N2O. The van der Waals surface area contributed by atoms with Gasteiger partial charge in [-0.25, -0.2) is 4.98 Å². The second-order valence-electron chi connectivity index (χ2n) is 6.13. The van der Waals surface area contributed by atoms with Gasteiger partial charge in [-0.05, 0) is 43.1 Å². The molecule has 112 valence electrons. The highest BCUT2D eigenvalue weighted by Gasteiger charge is 2.21. The van der Waals surface area contributed by atoms with E-state index in [1.807, 2.05) is 6.26 Å². The third-order valence-electron chi connectivity index (χ3n) is 4.63. The zero-order chi connectivity index (χ0) is 14.9. The molecule has 0 bridgehead atoms. The van der Waals surface area contributed by atoms with Gasteiger partial charge in [0.1, 0.15) is 6.26 Å². The standard InChI is InChI=1S/C19H20N2O/c1-14-6-5-11-21(14)12-16-13-22-19(20-16)18-10-4-8-15-7-2-3-9-17(15)18/h2-4,7-10,13-14H,5-6,11-12H2,1H3. The second-order valence-corrected chi connectivity index (χ2v) is 6.13. The summed E-state index contributed by atoms with van der Waals surface area (Å²) in [6, 6.07) is 15.3. The minimum atomic E-state index is 0.651. The molecule has 0 saturated carbocycles. The third-order valence-corrected chi connectivity index (χ3v) is 4.63. The summed E-state index contributed by atoms with van der Waals surface area (Å²) in [4.78, 5) is 7.20. The van der Waals surface area contributed by atoms with Crippen LogP contribution in [0.5, 0.6) is 0 Å². The summed E-state index contributed by atoms with van der Waals surface area (Å²) >= 11 is 0. The first-order valence-corrected chi connectivity index (χ1v) is 7.98. The van der Waals surface area contributed by atoms with E-state index in [4.69, 9.17) is 9.40 Å². The molecule has 3 heteroatoms. The average molecular weight is 292 g/mol. The number of hydrogen-bond acceptors (Lipinski definition) is 3. The van der Waals surface area contributed by atoms with Crippen molar-refractivity contribution in [3.8, 4) is 11.5 Å². The van der Waals surface area contributed by atoms with E-state index in [1.54, 1.807) is 0 Å². The largest absolute Gasteiger partial charge is 0.444 e. The highest BCUT2D eigenvalue weighted by Crippen LogP contribution is 2.28. The lowest BCUT2D eigenvalue weighted by molar-refractivity contribution is 0.257. The van der Waals surface area contributed by atoms with Crippen molar-refractivity contribution in [2.75, 3.05) is 6.54 Å². The Morgan fingerprint density at radius 2 is 2.05 bits per heavy atom. The van der Waals surface area contributed by atoms with Crippen molar-refractivity contribution in [3.05, 3.63) is 54.4 Å². The van der Waals surface area contributed by atoms with Crippen LogP contribution in [0.4, 0.5) is 0 Å². The zero-order valence-corrected chi connectivity index (χ0v) is 12.8. The van der Waals surface area contributed by atoms with Gasteiger partial charge in [0, 0.05) is 18.2 Å². The second kappa shape index (κ2) is 5.58. The topological polar surface area (TPSA) is 29.3 Å². The normalized spacial score (nSPS) is 19.0. The van der Waals surface area contributed by atoms with Crippen LogP contribution < -0.4 is 0 Å². The molecule has 1 aliphatic heterocycles. The number of likely N-dealkylation sites (tertiary alicyclic amines) is 1. The maximum atomic E-state index is 5.77. The highest BCUT2D eigenvalue weighted by molar-refractivity contribution is 5.94. The molecule has 1 fully saturated rings. The molecule has 3 nitrogen and oxygen atoms in total. The molecule has 22 heavy (non-hydrogen) atoms. The molecule has 1 aliphatic rings. The van der Waals surface area contributed by atoms with E-state index in [2.05, 4.69) is 54.3 Å². The quantitative estimate of drug-likeness (QED) is 0.713. The number of oxazole rings is 1. The van der Waals surface area contributed by atoms with Gasteiger partial charge in [0.2, 0.25) is 5.89 Å². The fourth-order valence-corrected chi connectivity index (χ4v) is 3.35. The van der Waals surface area contributed by atoms with Gasteiger partial charge in [0.15, 0.2) is 0 Å². The van der Waals surface area contributed by atoms with Crippen molar-refractivity contribution in [3.63, 3.8) is 0 Å². The highest BCUT2D eigenvalue weighted by atomic mass is 16.3. The first kappa shape index (κ1) is 13.5. The number of nitrogens with zero attached hydrogens (tertiary/aromatic N) is 2. The summed E-state index contributed by atoms with van der Waals surface area (Å²) in [5, 5.41) is 2.40. The van der Waals surface area contributed by atoms with Crippen LogP contribution in [0.3, 0.4) is 0 Å². The van der Waals surface area contributed by atoms with Crippen molar-refractivity contribution < 1.29 is 4.42 Å². The molecule has 0 amide bonds. The zero-order valence-electron chi connectivity index (χ0n) is 12.8. The molecular weight excluding hydrogens is 272 g/mol. The number of hydrogen-bond donors (Lipinski definition) is 0. The van der Waals surface area contributed by atoms with Crippen LogP contribution >= 0.6 is 0 Å². The Balaban J connectivity index is 1.65. The van der Waals surface area contributed by atoms with E-state index >= 15 is 0 Å². The van der Waals surface area contributed by atoms with Gasteiger partial charge in [0.25, 0.3) is 0 Å². The monoisotopic (exact) mass is 292 g/mol. The van der Waals surface area contributed by atoms with Gasteiger partial charge < -0.3 is 4.42 Å². The van der Waals surface area contributed by atoms with Crippen molar-refractivity contribution in [2.24, 2.45) is 0 Å². The molecule has 3 aromatic rings. The molecule has 2 heterocycles. The first-order valence-electron chi connectivity index (χ1n) is 7.98. The minimum Gasteiger partial charge on any atom is -0.444 e. The summed E-state index contributed by atoms with van der Waals surface area (Å²) < 4.78 is 5.77. The maximum Gasteiger partial charge on any atom is 0.226 e. The molecule has 2 aromatic carbocycles. The number of benzene rings is 2. The number of rotatable bonds is 3. The summed E-state index contributed by atoms with van der Waals surface area (Å²) in [6.07, 6.45) is 4.38. The molecule has 4 rings (SSSR count). The van der Waals surface area contributed by atoms with Crippen LogP contribution in [0.25, 0.3) is 22.2 Å². The molecule has 0 N–H and O–H groups in total. The first-order chi connectivity index (χ1) is 10.8. The predicted octanol–water partition coefficient (Wildman–Crippen LogP) is 4.48. The van der Waals surface area contributed by atoms with Crippen molar-refractivity contribution in [1.82, 2.24) is 9.88 Å². The Hall–Kier alpha value is -2.13. The Kier molecular flexibility index (Phi) is 3.43. The van der Waals surface area contributed by atoms with Crippen molar-refractivity contribution in [1.29, 1.82) is 0 Å². The maximum absolute atomic E-state index is 5.77. The van der Waals surface area contributed by atoms with Crippen LogP contribution in [0.15, 0.2) is 53.1 Å². The SMILES string of the molecule is CC1CCCN1Cc1coc(-c2cccc3ccccc23)n1. The lowest BCUT2D eigenvalue weighted by Gasteiger charge is -2.18. The van der Waals surface area contributed by atoms with E-state index in [9.17, 15) is 0 Å². The summed E-state index contributed by atoms with van der Waals surface area (Å²) in [7, 11) is 0. The summed E-state index contributed by atoms with van der Waals surface area (Å²) in [5.41, 5.74) is 2.09. The number of aromatic nitrogens is 1. The van der Waals surface area contributed by atoms with Crippen molar-refractivity contribution >= 4 is 10.8 Å². The van der Waals surface area contributed by atoms with Crippen LogP contribution in [0.2, 0.25) is 0 Å². The Morgan fingerprint density at radius 1 is 1.18 bits per heavy atom. The van der Waals surface area contributed by atoms with Gasteiger partial charge in [-0.15, -0.1) is 0 Å². The molecule has 1 aromatic heterocycles. The lowest BCUT2D eigenvalue weighted by Crippen LogP contribution is -2.26. The summed E-state index contributed by atoms with van der Waals surface area (Å²) in [5.74, 6) is 0.721. The van der Waals surface area contributed by atoms with Crippen LogP contribution in [0.1, 0.15) is 25.5 Å². The fraction of sp³-hybridized carbons (Fsp3) is 0.316. The van der Waals surface area contributed by atoms with Crippen LogP contribution in [-0.4, -0.2) is 22.5 Å². The number of fused-ring (bicyclic) bond motifs is 1. The minimum absolute atomic E-state index is 0.651.